The molecule has 156 valence electrons. The highest BCUT2D eigenvalue weighted by Crippen LogP contribution is 2.21. The summed E-state index contributed by atoms with van der Waals surface area (Å²) in [6.07, 6.45) is 3.81. The molecule has 0 aliphatic carbocycles. The van der Waals surface area contributed by atoms with Crippen molar-refractivity contribution in [2.75, 3.05) is 26.2 Å². The number of benzene rings is 2. The topological polar surface area (TPSA) is 62.6 Å². The van der Waals surface area contributed by atoms with E-state index in [4.69, 9.17) is 0 Å². The van der Waals surface area contributed by atoms with Crippen LogP contribution in [-0.4, -0.2) is 54.3 Å². The van der Waals surface area contributed by atoms with Gasteiger partial charge < -0.3 is 9.47 Å². The molecule has 4 rings (SSSR count). The molecular formula is C21H19F2N3O3S. The molecule has 2 heterocycles. The van der Waals surface area contributed by atoms with Crippen molar-refractivity contribution in [3.8, 4) is 5.69 Å². The number of halogens is 2. The molecule has 0 N–H and O–H groups in total. The lowest BCUT2D eigenvalue weighted by Crippen LogP contribution is -2.50. The fraction of sp³-hybridized carbons (Fsp3) is 0.190. The van der Waals surface area contributed by atoms with E-state index in [2.05, 4.69) is 0 Å². The van der Waals surface area contributed by atoms with Gasteiger partial charge in [0.2, 0.25) is 10.0 Å². The van der Waals surface area contributed by atoms with Gasteiger partial charge in [-0.2, -0.15) is 4.31 Å². The van der Waals surface area contributed by atoms with Crippen LogP contribution in [0.25, 0.3) is 5.69 Å². The van der Waals surface area contributed by atoms with Gasteiger partial charge in [0.25, 0.3) is 5.91 Å². The van der Waals surface area contributed by atoms with Crippen LogP contribution < -0.4 is 0 Å². The van der Waals surface area contributed by atoms with Crippen molar-refractivity contribution in [1.82, 2.24) is 13.8 Å². The summed E-state index contributed by atoms with van der Waals surface area (Å²) in [7, 11) is -3.96. The van der Waals surface area contributed by atoms with Crippen molar-refractivity contribution >= 4 is 15.9 Å². The number of carbonyl (C=O) groups is 1. The molecule has 6 nitrogen and oxygen atoms in total. The number of sulfonamides is 1. The largest absolute Gasteiger partial charge is 0.336 e. The van der Waals surface area contributed by atoms with Gasteiger partial charge >= 0.3 is 0 Å². The molecule has 1 aliphatic heterocycles. The molecule has 0 saturated carbocycles. The third-order valence-corrected chi connectivity index (χ3v) is 6.97. The molecular weight excluding hydrogens is 412 g/mol. The number of carbonyl (C=O) groups excluding carboxylic acids is 1. The summed E-state index contributed by atoms with van der Waals surface area (Å²) in [5.74, 6) is -2.50. The predicted molar refractivity (Wildman–Crippen MR) is 107 cm³/mol. The second-order valence-corrected chi connectivity index (χ2v) is 8.85. The van der Waals surface area contributed by atoms with Crippen molar-refractivity contribution in [2.45, 2.75) is 4.90 Å². The van der Waals surface area contributed by atoms with Crippen LogP contribution in [0.3, 0.4) is 0 Å². The highest BCUT2D eigenvalue weighted by molar-refractivity contribution is 7.89. The minimum Gasteiger partial charge on any atom is -0.336 e. The van der Waals surface area contributed by atoms with E-state index in [0.29, 0.717) is 11.6 Å². The SMILES string of the molecule is O=C(c1ccc(-n2cccc2)cc1)N1CCN(S(=O)(=O)c2ccc(F)c(F)c2)CC1. The summed E-state index contributed by atoms with van der Waals surface area (Å²) in [4.78, 5) is 14.0. The van der Waals surface area contributed by atoms with Crippen LogP contribution in [0, 0.1) is 11.6 Å². The van der Waals surface area contributed by atoms with Crippen LogP contribution in [0.4, 0.5) is 8.78 Å². The minimum atomic E-state index is -3.96. The quantitative estimate of drug-likeness (QED) is 0.638. The summed E-state index contributed by atoms with van der Waals surface area (Å²) in [6, 6.07) is 13.5. The maximum Gasteiger partial charge on any atom is 0.253 e. The monoisotopic (exact) mass is 431 g/mol. The lowest BCUT2D eigenvalue weighted by Gasteiger charge is -2.34. The highest BCUT2D eigenvalue weighted by Gasteiger charge is 2.31. The number of hydrogen-bond donors (Lipinski definition) is 0. The molecule has 1 aromatic heterocycles. The van der Waals surface area contributed by atoms with Crippen LogP contribution in [0.2, 0.25) is 0 Å². The summed E-state index contributed by atoms with van der Waals surface area (Å²) >= 11 is 0. The van der Waals surface area contributed by atoms with Gasteiger partial charge in [-0.3, -0.25) is 4.79 Å². The van der Waals surface area contributed by atoms with Gasteiger partial charge in [-0.1, -0.05) is 0 Å². The standard InChI is InChI=1S/C21H19F2N3O3S/c22-19-8-7-18(15-20(19)23)30(28,29)26-13-11-25(12-14-26)21(27)16-3-5-17(6-4-16)24-9-1-2-10-24/h1-10,15H,11-14H2. The Morgan fingerprint density at radius 1 is 0.833 bits per heavy atom. The number of nitrogens with zero attached hydrogens (tertiary/aromatic N) is 3. The maximum absolute atomic E-state index is 13.4. The molecule has 3 aromatic rings. The van der Waals surface area contributed by atoms with E-state index < -0.39 is 21.7 Å². The third-order valence-electron chi connectivity index (χ3n) is 5.07. The number of piperazine rings is 1. The molecule has 1 saturated heterocycles. The van der Waals surface area contributed by atoms with E-state index >= 15 is 0 Å². The molecule has 1 aliphatic rings. The van der Waals surface area contributed by atoms with Gasteiger partial charge in [0.05, 0.1) is 4.90 Å². The van der Waals surface area contributed by atoms with Gasteiger partial charge in [-0.05, 0) is 54.6 Å². The van der Waals surface area contributed by atoms with Crippen LogP contribution in [-0.2, 0) is 10.0 Å². The smallest absolute Gasteiger partial charge is 0.253 e. The van der Waals surface area contributed by atoms with Gasteiger partial charge in [-0.15, -0.1) is 0 Å². The fourth-order valence-electron chi connectivity index (χ4n) is 3.38. The number of hydrogen-bond acceptors (Lipinski definition) is 3. The summed E-state index contributed by atoms with van der Waals surface area (Å²) in [5, 5.41) is 0. The molecule has 0 spiro atoms. The van der Waals surface area contributed by atoms with Crippen molar-refractivity contribution in [2.24, 2.45) is 0 Å². The van der Waals surface area contributed by atoms with Gasteiger partial charge in [0, 0.05) is 49.8 Å². The van der Waals surface area contributed by atoms with Gasteiger partial charge in [-0.25, -0.2) is 17.2 Å². The van der Waals surface area contributed by atoms with Crippen LogP contribution in [0.15, 0.2) is 71.9 Å². The lowest BCUT2D eigenvalue weighted by molar-refractivity contribution is 0.0698. The van der Waals surface area contributed by atoms with Crippen molar-refractivity contribution in [3.05, 3.63) is 84.2 Å². The second-order valence-electron chi connectivity index (χ2n) is 6.91. The first-order valence-corrected chi connectivity index (χ1v) is 10.8. The van der Waals surface area contributed by atoms with E-state index in [9.17, 15) is 22.0 Å². The third kappa shape index (κ3) is 3.86. The van der Waals surface area contributed by atoms with E-state index in [1.54, 1.807) is 17.0 Å². The normalized spacial score (nSPS) is 15.3. The molecule has 30 heavy (non-hydrogen) atoms. The molecule has 1 fully saturated rings. The van der Waals surface area contributed by atoms with E-state index in [0.717, 1.165) is 17.8 Å². The van der Waals surface area contributed by atoms with Gasteiger partial charge in [0.1, 0.15) is 0 Å². The Hall–Kier alpha value is -3.04. The van der Waals surface area contributed by atoms with E-state index in [1.165, 1.54) is 4.31 Å². The fourth-order valence-corrected chi connectivity index (χ4v) is 4.82. The zero-order valence-electron chi connectivity index (χ0n) is 15.9. The molecule has 0 atom stereocenters. The first kappa shape index (κ1) is 20.2. The molecule has 0 unspecified atom stereocenters. The molecule has 9 heteroatoms. The summed E-state index contributed by atoms with van der Waals surface area (Å²) in [5.41, 5.74) is 1.45. The number of rotatable bonds is 4. The maximum atomic E-state index is 13.4. The average Bonchev–Trinajstić information content (AvgIpc) is 3.30. The van der Waals surface area contributed by atoms with Gasteiger partial charge in [0.15, 0.2) is 11.6 Å². The molecule has 2 aromatic carbocycles. The Morgan fingerprint density at radius 2 is 1.47 bits per heavy atom. The Balaban J connectivity index is 1.42. The molecule has 0 radical (unpaired) electrons. The van der Waals surface area contributed by atoms with Crippen LogP contribution in [0.5, 0.6) is 0 Å². The van der Waals surface area contributed by atoms with Crippen LogP contribution >= 0.6 is 0 Å². The Kier molecular flexibility index (Phi) is 5.40. The van der Waals surface area contributed by atoms with Crippen LogP contribution in [0.1, 0.15) is 10.4 Å². The Morgan fingerprint density at radius 3 is 2.07 bits per heavy atom. The number of aromatic nitrogens is 1. The van der Waals surface area contributed by atoms with Crippen molar-refractivity contribution < 1.29 is 22.0 Å². The average molecular weight is 431 g/mol. The van der Waals surface area contributed by atoms with Crippen molar-refractivity contribution in [1.29, 1.82) is 0 Å². The summed E-state index contributed by atoms with van der Waals surface area (Å²) < 4.78 is 55.0. The number of amides is 1. The molecule has 1 amide bonds. The minimum absolute atomic E-state index is 0.0779. The lowest BCUT2D eigenvalue weighted by atomic mass is 10.1. The Bertz CT molecular complexity index is 1150. The van der Waals surface area contributed by atoms with E-state index in [1.807, 2.05) is 41.2 Å². The summed E-state index contributed by atoms with van der Waals surface area (Å²) in [6.45, 7) is 0.575. The zero-order chi connectivity index (χ0) is 21.3. The zero-order valence-corrected chi connectivity index (χ0v) is 16.7. The first-order chi connectivity index (χ1) is 14.4. The first-order valence-electron chi connectivity index (χ1n) is 9.34. The predicted octanol–water partition coefficient (Wildman–Crippen LogP) is 2.90. The van der Waals surface area contributed by atoms with E-state index in [-0.39, 0.29) is 37.0 Å². The van der Waals surface area contributed by atoms with Crippen molar-refractivity contribution in [3.63, 3.8) is 0 Å². The Labute approximate surface area is 173 Å². The second kappa shape index (κ2) is 8.00. The molecule has 0 bridgehead atoms. The highest BCUT2D eigenvalue weighted by atomic mass is 32.2.